The van der Waals surface area contributed by atoms with E-state index >= 15 is 0 Å². The molecule has 0 amide bonds. The van der Waals surface area contributed by atoms with Crippen LogP contribution in [-0.4, -0.2) is 5.48 Å². The number of rotatable bonds is 4. The second-order valence-electron chi connectivity index (χ2n) is 3.33. The largest absolute Gasteiger partial charge is 0.412 e. The molecule has 3 N–H and O–H groups in total. The topological polar surface area (TPSA) is 43.5 Å². The molecule has 0 spiro atoms. The highest BCUT2D eigenvalue weighted by atomic mass is 16.0. The van der Waals surface area contributed by atoms with Gasteiger partial charge in [0.25, 0.3) is 0 Å². The molecule has 1 heterocycles. The fraction of sp³-hybridized carbons (Fsp3) is 0.538. The van der Waals surface area contributed by atoms with Crippen LogP contribution in [0.4, 0.5) is 0 Å². The number of allylic oxidation sites excluding steroid dienone is 4. The van der Waals surface area contributed by atoms with Gasteiger partial charge in [-0.25, -0.2) is 0 Å². The first-order valence-electron chi connectivity index (χ1n) is 5.66. The predicted molar refractivity (Wildman–Crippen MR) is 68.6 cm³/mol. The van der Waals surface area contributed by atoms with E-state index in [0.717, 1.165) is 0 Å². The first-order chi connectivity index (χ1) is 6.91. The summed E-state index contributed by atoms with van der Waals surface area (Å²) in [6, 6.07) is 0. The monoisotopic (exact) mass is 211 g/mol. The van der Waals surface area contributed by atoms with E-state index < -0.39 is 0 Å². The molecular formula is C13H25NO. The van der Waals surface area contributed by atoms with Gasteiger partial charge in [-0.2, -0.15) is 0 Å². The molecule has 0 aromatic carbocycles. The van der Waals surface area contributed by atoms with E-state index in [9.17, 15) is 0 Å². The minimum absolute atomic E-state index is 0. The molecule has 0 aliphatic carbocycles. The molecule has 15 heavy (non-hydrogen) atoms. The maximum absolute atomic E-state index is 2.92. The van der Waals surface area contributed by atoms with Gasteiger partial charge >= 0.3 is 0 Å². The molecule has 0 saturated carbocycles. The zero-order valence-electron chi connectivity index (χ0n) is 10.00. The average Bonchev–Trinajstić information content (AvgIpc) is 2.51. The Labute approximate surface area is 94.1 Å². The molecule has 0 fully saturated rings. The summed E-state index contributed by atoms with van der Waals surface area (Å²) >= 11 is 0. The average molecular weight is 211 g/mol. The van der Waals surface area contributed by atoms with Gasteiger partial charge in [-0.05, 0) is 12.2 Å². The summed E-state index contributed by atoms with van der Waals surface area (Å²) in [5.74, 6) is 0. The number of hydrogen-bond acceptors (Lipinski definition) is 1. The van der Waals surface area contributed by atoms with Gasteiger partial charge in [0.05, 0.1) is 0 Å². The van der Waals surface area contributed by atoms with Crippen molar-refractivity contribution in [2.75, 3.05) is 0 Å². The van der Waals surface area contributed by atoms with Gasteiger partial charge in [-0.3, -0.25) is 0 Å². The highest BCUT2D eigenvalue weighted by Crippen LogP contribution is 2.00. The molecule has 0 unspecified atom stereocenters. The lowest BCUT2D eigenvalue weighted by molar-refractivity contribution is 0.656. The summed E-state index contributed by atoms with van der Waals surface area (Å²) in [5, 5.41) is 2.92. The number of nitrogens with one attached hydrogen (secondary N) is 1. The first kappa shape index (κ1) is 16.4. The predicted octanol–water partition coefficient (Wildman–Crippen LogP) is 3.33. The van der Waals surface area contributed by atoms with Crippen LogP contribution in [0.1, 0.15) is 46.0 Å². The molecular weight excluding hydrogens is 186 g/mol. The van der Waals surface area contributed by atoms with Gasteiger partial charge in [-0.15, -0.1) is 0 Å². The van der Waals surface area contributed by atoms with Crippen molar-refractivity contribution in [3.8, 4) is 0 Å². The maximum Gasteiger partial charge on any atom is 0.000442 e. The molecule has 1 aliphatic heterocycles. The summed E-state index contributed by atoms with van der Waals surface area (Å²) in [6.45, 7) is 4.49. The van der Waals surface area contributed by atoms with Crippen molar-refractivity contribution in [2.45, 2.75) is 46.0 Å². The lowest BCUT2D eigenvalue weighted by atomic mass is 10.2. The van der Waals surface area contributed by atoms with Crippen molar-refractivity contribution in [3.05, 3.63) is 36.7 Å². The Bertz CT molecular complexity index is 165. The molecule has 2 heteroatoms. The second kappa shape index (κ2) is 15.5. The van der Waals surface area contributed by atoms with Gasteiger partial charge in [0.2, 0.25) is 0 Å². The summed E-state index contributed by atoms with van der Waals surface area (Å²) in [4.78, 5) is 0. The molecule has 2 nitrogen and oxygen atoms in total. The minimum atomic E-state index is 0. The normalized spacial score (nSPS) is 11.9. The molecule has 0 saturated heterocycles. The fourth-order valence-corrected chi connectivity index (χ4v) is 1.08. The van der Waals surface area contributed by atoms with E-state index in [2.05, 4.69) is 19.2 Å². The van der Waals surface area contributed by atoms with Gasteiger partial charge in [0.1, 0.15) is 0 Å². The second-order valence-corrected chi connectivity index (χ2v) is 3.33. The van der Waals surface area contributed by atoms with Crippen molar-refractivity contribution in [1.82, 2.24) is 5.32 Å². The van der Waals surface area contributed by atoms with Crippen LogP contribution in [0.2, 0.25) is 0 Å². The first-order valence-corrected chi connectivity index (χ1v) is 5.66. The van der Waals surface area contributed by atoms with Gasteiger partial charge in [-0.1, -0.05) is 58.1 Å². The Kier molecular flexibility index (Phi) is 16.9. The Hall–Kier alpha value is -1.02. The van der Waals surface area contributed by atoms with Gasteiger partial charge in [0.15, 0.2) is 0 Å². The van der Waals surface area contributed by atoms with E-state index in [4.69, 9.17) is 0 Å². The van der Waals surface area contributed by atoms with E-state index in [1.165, 1.54) is 32.1 Å². The molecule has 0 bridgehead atoms. The van der Waals surface area contributed by atoms with Crippen LogP contribution in [0.3, 0.4) is 0 Å². The standard InChI is InChI=1S/C7H16.C6H7N.H2O/c1-3-5-7-6-4-2;1-2-4-6-7-5-3-1;/h3-7H2,1-2H3;1-7H;1H2. The number of hydrogen-bond donors (Lipinski definition) is 1. The van der Waals surface area contributed by atoms with Crippen molar-refractivity contribution in [3.63, 3.8) is 0 Å². The van der Waals surface area contributed by atoms with Gasteiger partial charge < -0.3 is 10.8 Å². The summed E-state index contributed by atoms with van der Waals surface area (Å²) in [6.07, 6.45) is 18.6. The SMILES string of the molecule is C1=CC=CNC=C1.CCCCCCC.O. The van der Waals surface area contributed by atoms with Crippen LogP contribution in [0.25, 0.3) is 0 Å². The van der Waals surface area contributed by atoms with E-state index in [0.29, 0.717) is 0 Å². The molecule has 0 atom stereocenters. The molecule has 1 rings (SSSR count). The zero-order chi connectivity index (χ0) is 10.5. The highest BCUT2D eigenvalue weighted by Gasteiger charge is 1.80. The van der Waals surface area contributed by atoms with Crippen molar-refractivity contribution >= 4 is 0 Å². The smallest absolute Gasteiger partial charge is 0.000442 e. The molecule has 0 aromatic heterocycles. The summed E-state index contributed by atoms with van der Waals surface area (Å²) < 4.78 is 0. The summed E-state index contributed by atoms with van der Waals surface area (Å²) in [5.41, 5.74) is 0. The molecule has 0 radical (unpaired) electrons. The molecule has 0 aromatic rings. The van der Waals surface area contributed by atoms with Crippen LogP contribution in [0, 0.1) is 0 Å². The fourth-order valence-electron chi connectivity index (χ4n) is 1.08. The van der Waals surface area contributed by atoms with E-state index in [1.54, 1.807) is 0 Å². The van der Waals surface area contributed by atoms with Crippen molar-refractivity contribution < 1.29 is 5.48 Å². The van der Waals surface area contributed by atoms with Crippen LogP contribution in [0.5, 0.6) is 0 Å². The van der Waals surface area contributed by atoms with Crippen molar-refractivity contribution in [2.24, 2.45) is 0 Å². The lowest BCUT2D eigenvalue weighted by Crippen LogP contribution is -1.87. The third-order valence-corrected chi connectivity index (χ3v) is 1.93. The van der Waals surface area contributed by atoms with Crippen LogP contribution >= 0.6 is 0 Å². The van der Waals surface area contributed by atoms with Gasteiger partial charge in [0, 0.05) is 12.4 Å². The highest BCUT2D eigenvalue weighted by molar-refractivity contribution is 5.14. The van der Waals surface area contributed by atoms with Crippen molar-refractivity contribution in [1.29, 1.82) is 0 Å². The molecule has 1 aliphatic rings. The zero-order valence-corrected chi connectivity index (χ0v) is 10.00. The number of unbranched alkanes of at least 4 members (excludes halogenated alkanes) is 4. The maximum atomic E-state index is 2.92. The summed E-state index contributed by atoms with van der Waals surface area (Å²) in [7, 11) is 0. The van der Waals surface area contributed by atoms with Crippen LogP contribution < -0.4 is 5.32 Å². The van der Waals surface area contributed by atoms with Crippen LogP contribution in [-0.2, 0) is 0 Å². The van der Waals surface area contributed by atoms with E-state index in [-0.39, 0.29) is 5.48 Å². The quantitative estimate of drug-likeness (QED) is 0.712. The Balaban J connectivity index is 0. The lowest BCUT2D eigenvalue weighted by Gasteiger charge is -1.90. The Morgan fingerprint density at radius 3 is 1.60 bits per heavy atom. The third kappa shape index (κ3) is 15.7. The third-order valence-electron chi connectivity index (χ3n) is 1.93. The van der Waals surface area contributed by atoms with Crippen LogP contribution in [0.15, 0.2) is 36.7 Å². The molecule has 88 valence electrons. The van der Waals surface area contributed by atoms with E-state index in [1.807, 2.05) is 36.7 Å². The Morgan fingerprint density at radius 2 is 1.20 bits per heavy atom. The minimum Gasteiger partial charge on any atom is -0.412 e. The Morgan fingerprint density at radius 1 is 0.733 bits per heavy atom.